The number of nitrogens with zero attached hydrogens (tertiary/aromatic N) is 5. The highest BCUT2D eigenvalue weighted by Crippen LogP contribution is 2.22. The monoisotopic (exact) mass is 483 g/mol. The molecular weight excluding hydrogens is 458 g/mol. The molecule has 0 bridgehead atoms. The lowest BCUT2D eigenvalue weighted by Crippen LogP contribution is -2.38. The van der Waals surface area contributed by atoms with Crippen molar-refractivity contribution in [2.24, 2.45) is 14.1 Å². The molecule has 0 fully saturated rings. The first-order valence-corrected chi connectivity index (χ1v) is 11.1. The van der Waals surface area contributed by atoms with Gasteiger partial charge in [-0.05, 0) is 29.8 Å². The lowest BCUT2D eigenvalue weighted by atomic mass is 10.2. The first-order valence-electron chi connectivity index (χ1n) is 10.7. The summed E-state index contributed by atoms with van der Waals surface area (Å²) < 4.78 is 9.71. The van der Waals surface area contributed by atoms with Crippen molar-refractivity contribution in [3.05, 3.63) is 86.0 Å². The molecule has 9 nitrogen and oxygen atoms in total. The molecule has 0 aliphatic carbocycles. The molecule has 10 heteroatoms. The number of hydrogen-bond donors (Lipinski definition) is 1. The van der Waals surface area contributed by atoms with E-state index < -0.39 is 17.4 Å². The van der Waals surface area contributed by atoms with Crippen molar-refractivity contribution in [1.29, 1.82) is 0 Å². The normalized spacial score (nSPS) is 12.1. The van der Waals surface area contributed by atoms with Gasteiger partial charge in [0.05, 0.1) is 6.54 Å². The van der Waals surface area contributed by atoms with Crippen LogP contribution in [0, 0.1) is 0 Å². The van der Waals surface area contributed by atoms with Crippen molar-refractivity contribution in [2.75, 3.05) is 18.6 Å². The molecule has 2 aromatic carbocycles. The van der Waals surface area contributed by atoms with Gasteiger partial charge in [0, 0.05) is 32.7 Å². The van der Waals surface area contributed by atoms with E-state index in [1.807, 2.05) is 42.3 Å². The first kappa shape index (κ1) is 23.6. The van der Waals surface area contributed by atoms with E-state index in [0.717, 1.165) is 10.1 Å². The average Bonchev–Trinajstić information content (AvgIpc) is 3.21. The van der Waals surface area contributed by atoms with E-state index in [0.29, 0.717) is 23.3 Å². The molecule has 178 valence electrons. The van der Waals surface area contributed by atoms with Gasteiger partial charge in [-0.2, -0.15) is 4.98 Å². The molecule has 1 atom stereocenters. The van der Waals surface area contributed by atoms with Crippen LogP contribution in [0.5, 0.6) is 5.75 Å². The SMILES string of the molecule is CN(Cc1ccccc1)c1nc2c(c(=O)n(C)c(=O)n2C)n1C[C@H](O)COc1ccc(Cl)cc1. The zero-order valence-electron chi connectivity index (χ0n) is 19.2. The number of aliphatic hydroxyl groups is 1. The van der Waals surface area contributed by atoms with Gasteiger partial charge in [0.25, 0.3) is 5.56 Å². The molecule has 2 aromatic heterocycles. The smallest absolute Gasteiger partial charge is 0.332 e. The van der Waals surface area contributed by atoms with Gasteiger partial charge in [-0.25, -0.2) is 4.79 Å². The van der Waals surface area contributed by atoms with Crippen LogP contribution in [-0.2, 0) is 27.2 Å². The highest BCUT2D eigenvalue weighted by atomic mass is 35.5. The van der Waals surface area contributed by atoms with E-state index in [2.05, 4.69) is 4.98 Å². The quantitative estimate of drug-likeness (QED) is 0.413. The summed E-state index contributed by atoms with van der Waals surface area (Å²) in [5, 5.41) is 11.4. The largest absolute Gasteiger partial charge is 0.491 e. The number of ether oxygens (including phenoxy) is 1. The number of aromatic nitrogens is 4. The van der Waals surface area contributed by atoms with Gasteiger partial charge in [-0.1, -0.05) is 41.9 Å². The van der Waals surface area contributed by atoms with E-state index >= 15 is 0 Å². The molecule has 2 heterocycles. The van der Waals surface area contributed by atoms with Crippen molar-refractivity contribution in [3.8, 4) is 5.75 Å². The maximum atomic E-state index is 13.1. The molecule has 0 radical (unpaired) electrons. The third-order valence-corrected chi connectivity index (χ3v) is 5.83. The van der Waals surface area contributed by atoms with E-state index in [1.54, 1.807) is 35.9 Å². The van der Waals surface area contributed by atoms with Gasteiger partial charge in [0.2, 0.25) is 5.95 Å². The number of halogens is 1. The van der Waals surface area contributed by atoms with Gasteiger partial charge in [-0.3, -0.25) is 13.9 Å². The van der Waals surface area contributed by atoms with Gasteiger partial charge < -0.3 is 19.3 Å². The Morgan fingerprint density at radius 3 is 2.41 bits per heavy atom. The summed E-state index contributed by atoms with van der Waals surface area (Å²) in [6.45, 7) is 0.566. The molecule has 0 amide bonds. The number of aryl methyl sites for hydroxylation is 1. The fourth-order valence-corrected chi connectivity index (χ4v) is 3.94. The number of benzene rings is 2. The summed E-state index contributed by atoms with van der Waals surface area (Å²) in [6.07, 6.45) is -0.945. The zero-order valence-corrected chi connectivity index (χ0v) is 19.9. The maximum absolute atomic E-state index is 13.1. The second kappa shape index (κ2) is 9.74. The first-order chi connectivity index (χ1) is 16.3. The zero-order chi connectivity index (χ0) is 24.4. The van der Waals surface area contributed by atoms with Gasteiger partial charge in [0.1, 0.15) is 18.5 Å². The minimum absolute atomic E-state index is 0.00474. The van der Waals surface area contributed by atoms with Crippen LogP contribution in [0.1, 0.15) is 5.56 Å². The molecule has 4 aromatic rings. The third kappa shape index (κ3) is 4.71. The number of rotatable bonds is 8. The van der Waals surface area contributed by atoms with E-state index in [9.17, 15) is 14.7 Å². The second-order valence-corrected chi connectivity index (χ2v) is 8.60. The topological polar surface area (TPSA) is 94.5 Å². The second-order valence-electron chi connectivity index (χ2n) is 8.16. The summed E-state index contributed by atoms with van der Waals surface area (Å²) >= 11 is 5.91. The Hall–Kier alpha value is -3.56. The minimum Gasteiger partial charge on any atom is -0.491 e. The number of imidazole rings is 1. The van der Waals surface area contributed by atoms with E-state index in [4.69, 9.17) is 16.3 Å². The third-order valence-electron chi connectivity index (χ3n) is 5.58. The lowest BCUT2D eigenvalue weighted by Gasteiger charge is -2.21. The highest BCUT2D eigenvalue weighted by molar-refractivity contribution is 6.30. The number of hydrogen-bond acceptors (Lipinski definition) is 6. The maximum Gasteiger partial charge on any atom is 0.332 e. The Kier molecular flexibility index (Phi) is 6.76. The molecule has 0 aliphatic rings. The van der Waals surface area contributed by atoms with Crippen molar-refractivity contribution in [2.45, 2.75) is 19.2 Å². The summed E-state index contributed by atoms with van der Waals surface area (Å²) in [6, 6.07) is 16.7. The minimum atomic E-state index is -0.945. The van der Waals surface area contributed by atoms with Gasteiger partial charge in [0.15, 0.2) is 11.2 Å². The van der Waals surface area contributed by atoms with Crippen LogP contribution in [0.15, 0.2) is 64.2 Å². The van der Waals surface area contributed by atoms with Crippen molar-refractivity contribution >= 4 is 28.7 Å². The predicted molar refractivity (Wildman–Crippen MR) is 132 cm³/mol. The summed E-state index contributed by atoms with van der Waals surface area (Å²) in [4.78, 5) is 32.0. The van der Waals surface area contributed by atoms with Crippen LogP contribution in [-0.4, -0.2) is 43.6 Å². The van der Waals surface area contributed by atoms with Crippen LogP contribution < -0.4 is 20.9 Å². The molecule has 0 unspecified atom stereocenters. The lowest BCUT2D eigenvalue weighted by molar-refractivity contribution is 0.0936. The molecule has 0 spiro atoms. The number of aliphatic hydroxyl groups excluding tert-OH is 1. The molecular formula is C24H26ClN5O4. The van der Waals surface area contributed by atoms with Gasteiger partial charge >= 0.3 is 5.69 Å². The molecule has 0 saturated heterocycles. The average molecular weight is 484 g/mol. The van der Waals surface area contributed by atoms with Crippen molar-refractivity contribution in [1.82, 2.24) is 18.7 Å². The Morgan fingerprint density at radius 1 is 1.06 bits per heavy atom. The summed E-state index contributed by atoms with van der Waals surface area (Å²) in [5.41, 5.74) is 0.609. The summed E-state index contributed by atoms with van der Waals surface area (Å²) in [5.74, 6) is 1.03. The molecule has 0 aliphatic heterocycles. The van der Waals surface area contributed by atoms with E-state index in [-0.39, 0.29) is 24.3 Å². The number of fused-ring (bicyclic) bond motifs is 1. The molecule has 0 saturated carbocycles. The predicted octanol–water partition coefficient (Wildman–Crippen LogP) is 2.16. The van der Waals surface area contributed by atoms with Crippen LogP contribution in [0.3, 0.4) is 0 Å². The van der Waals surface area contributed by atoms with Gasteiger partial charge in [-0.15, -0.1) is 0 Å². The molecule has 4 rings (SSSR count). The van der Waals surface area contributed by atoms with Crippen LogP contribution in [0.4, 0.5) is 5.95 Å². The van der Waals surface area contributed by atoms with Crippen molar-refractivity contribution < 1.29 is 9.84 Å². The highest BCUT2D eigenvalue weighted by Gasteiger charge is 2.23. The fourth-order valence-electron chi connectivity index (χ4n) is 3.81. The molecule has 34 heavy (non-hydrogen) atoms. The van der Waals surface area contributed by atoms with E-state index in [1.165, 1.54) is 11.6 Å². The van der Waals surface area contributed by atoms with Crippen LogP contribution >= 0.6 is 11.6 Å². The summed E-state index contributed by atoms with van der Waals surface area (Å²) in [7, 11) is 4.85. The van der Waals surface area contributed by atoms with Crippen LogP contribution in [0.25, 0.3) is 11.2 Å². The Bertz CT molecular complexity index is 1410. The van der Waals surface area contributed by atoms with Crippen LogP contribution in [0.2, 0.25) is 5.02 Å². The Morgan fingerprint density at radius 2 is 1.74 bits per heavy atom. The van der Waals surface area contributed by atoms with Crippen molar-refractivity contribution in [3.63, 3.8) is 0 Å². The molecule has 1 N–H and O–H groups in total. The number of anilines is 1. The Labute approximate surface area is 201 Å². The standard InChI is InChI=1S/C24H26ClN5O4/c1-27(13-16-7-5-4-6-8-16)23-26-21-20(22(32)29(3)24(33)28(21)2)30(23)14-18(31)15-34-19-11-9-17(25)10-12-19/h4-12,18,31H,13-15H2,1-3H3/t18-/m0/s1. The Balaban J connectivity index is 1.70. The fraction of sp³-hybridized carbons (Fsp3) is 0.292.